The van der Waals surface area contributed by atoms with Crippen LogP contribution in [0.2, 0.25) is 0 Å². The Morgan fingerprint density at radius 2 is 1.90 bits per heavy atom. The number of anilines is 1. The van der Waals surface area contributed by atoms with Crippen LogP contribution in [0.25, 0.3) is 0 Å². The molecule has 0 fully saturated rings. The molecule has 0 aliphatic heterocycles. The first-order chi connectivity index (χ1) is 9.60. The fourth-order valence-corrected chi connectivity index (χ4v) is 1.53. The largest absolute Gasteiger partial charge is 0.495 e. The van der Waals surface area contributed by atoms with E-state index in [-0.39, 0.29) is 0 Å². The summed E-state index contributed by atoms with van der Waals surface area (Å²) in [6, 6.07) is 5.26. The summed E-state index contributed by atoms with van der Waals surface area (Å²) in [6.45, 7) is 1.87. The third-order valence-corrected chi connectivity index (χ3v) is 2.46. The van der Waals surface area contributed by atoms with Crippen LogP contribution >= 0.6 is 0 Å². The number of amides is 2. The van der Waals surface area contributed by atoms with Crippen LogP contribution in [-0.2, 0) is 9.59 Å². The number of nitrogens with one attached hydrogen (secondary N) is 2. The molecule has 1 heterocycles. The van der Waals surface area contributed by atoms with Gasteiger partial charge >= 0.3 is 11.8 Å². The Labute approximate surface area is 114 Å². The van der Waals surface area contributed by atoms with Crippen molar-refractivity contribution < 1.29 is 14.3 Å². The van der Waals surface area contributed by atoms with Gasteiger partial charge in [-0.1, -0.05) is 6.07 Å². The fraction of sp³-hybridized carbons (Fsp3) is 0.167. The lowest BCUT2D eigenvalue weighted by Gasteiger charge is -2.11. The van der Waals surface area contributed by atoms with E-state index in [1.807, 2.05) is 13.0 Å². The highest BCUT2D eigenvalue weighted by Gasteiger charge is 2.16. The molecule has 20 heavy (non-hydrogen) atoms. The van der Waals surface area contributed by atoms with Crippen molar-refractivity contribution >= 4 is 17.5 Å². The van der Waals surface area contributed by atoms with Crippen LogP contribution in [0.3, 0.4) is 0 Å². The Morgan fingerprint density at radius 1 is 1.20 bits per heavy atom. The van der Waals surface area contributed by atoms with Gasteiger partial charge < -0.3 is 10.1 Å². The molecule has 0 saturated heterocycles. The Morgan fingerprint density at radius 3 is 2.55 bits per heavy atom. The minimum atomic E-state index is -0.839. The lowest BCUT2D eigenvalue weighted by Crippen LogP contribution is -2.33. The van der Waals surface area contributed by atoms with E-state index in [1.165, 1.54) is 24.4 Å². The van der Waals surface area contributed by atoms with Gasteiger partial charge in [0.05, 0.1) is 12.8 Å². The van der Waals surface area contributed by atoms with Gasteiger partial charge in [0.15, 0.2) is 0 Å². The summed E-state index contributed by atoms with van der Waals surface area (Å²) >= 11 is 0. The fourth-order valence-electron chi connectivity index (χ4n) is 1.53. The number of ether oxygens (including phenoxy) is 1. The number of hydrogen-bond acceptors (Lipinski definition) is 5. The summed E-state index contributed by atoms with van der Waals surface area (Å²) in [5.41, 5.74) is 3.65. The van der Waals surface area contributed by atoms with Crippen LogP contribution in [0.4, 0.5) is 5.69 Å². The molecule has 2 rings (SSSR count). The van der Waals surface area contributed by atoms with Gasteiger partial charge in [0.25, 0.3) is 0 Å². The SMILES string of the molecule is COc1ccc(C)cc1NC(=O)C(=O)Nn1cnnc1. The summed E-state index contributed by atoms with van der Waals surface area (Å²) in [6.07, 6.45) is 2.52. The molecule has 0 aliphatic carbocycles. The quantitative estimate of drug-likeness (QED) is 0.785. The third-order valence-electron chi connectivity index (χ3n) is 2.46. The van der Waals surface area contributed by atoms with E-state index in [0.29, 0.717) is 11.4 Å². The van der Waals surface area contributed by atoms with Gasteiger partial charge in [0.1, 0.15) is 18.4 Å². The highest BCUT2D eigenvalue weighted by atomic mass is 16.5. The van der Waals surface area contributed by atoms with Crippen molar-refractivity contribution in [2.45, 2.75) is 6.92 Å². The van der Waals surface area contributed by atoms with E-state index < -0.39 is 11.8 Å². The molecule has 1 aromatic heterocycles. The van der Waals surface area contributed by atoms with Crippen molar-refractivity contribution in [3.63, 3.8) is 0 Å². The second-order valence-corrected chi connectivity index (χ2v) is 3.97. The zero-order valence-electron chi connectivity index (χ0n) is 11.0. The number of benzene rings is 1. The lowest BCUT2D eigenvalue weighted by atomic mass is 10.2. The smallest absolute Gasteiger partial charge is 0.328 e. The van der Waals surface area contributed by atoms with Crippen LogP contribution in [0.1, 0.15) is 5.56 Å². The van der Waals surface area contributed by atoms with Gasteiger partial charge in [-0.2, -0.15) is 0 Å². The Bertz CT molecular complexity index is 624. The molecule has 0 atom stereocenters. The molecule has 0 saturated carbocycles. The molecular weight excluding hydrogens is 262 g/mol. The summed E-state index contributed by atoms with van der Waals surface area (Å²) in [4.78, 5) is 23.4. The number of aryl methyl sites for hydroxylation is 1. The maximum absolute atomic E-state index is 11.8. The van der Waals surface area contributed by atoms with Gasteiger partial charge in [-0.25, -0.2) is 4.68 Å². The zero-order valence-corrected chi connectivity index (χ0v) is 11.0. The Kier molecular flexibility index (Phi) is 3.94. The van der Waals surface area contributed by atoms with Crippen LogP contribution in [0.5, 0.6) is 5.75 Å². The molecule has 2 amide bonds. The van der Waals surface area contributed by atoms with Crippen LogP contribution in [0.15, 0.2) is 30.9 Å². The first-order valence-electron chi connectivity index (χ1n) is 5.72. The standard InChI is InChI=1S/C12H13N5O3/c1-8-3-4-10(20-2)9(5-8)15-11(18)12(19)16-17-6-13-14-7-17/h3-7H,1-2H3,(H,15,18)(H,16,19). The molecule has 0 radical (unpaired) electrons. The van der Waals surface area contributed by atoms with Gasteiger partial charge in [-0.15, -0.1) is 10.2 Å². The second-order valence-electron chi connectivity index (χ2n) is 3.97. The van der Waals surface area contributed by atoms with E-state index in [9.17, 15) is 9.59 Å². The molecule has 8 nitrogen and oxygen atoms in total. The maximum atomic E-state index is 11.8. The van der Waals surface area contributed by atoms with Gasteiger partial charge in [-0.3, -0.25) is 15.0 Å². The van der Waals surface area contributed by atoms with Crippen LogP contribution < -0.4 is 15.5 Å². The minimum absolute atomic E-state index is 0.427. The molecule has 2 aromatic rings. The maximum Gasteiger partial charge on any atom is 0.328 e. The number of rotatable bonds is 3. The second kappa shape index (κ2) is 5.83. The first kappa shape index (κ1) is 13.5. The molecule has 1 aromatic carbocycles. The first-order valence-corrected chi connectivity index (χ1v) is 5.72. The summed E-state index contributed by atoms with van der Waals surface area (Å²) in [7, 11) is 1.48. The number of hydrogen-bond donors (Lipinski definition) is 2. The molecule has 0 bridgehead atoms. The van der Waals surface area contributed by atoms with E-state index in [0.717, 1.165) is 5.56 Å². The van der Waals surface area contributed by atoms with Crippen molar-refractivity contribution in [2.75, 3.05) is 17.9 Å². The average Bonchev–Trinajstić information content (AvgIpc) is 2.91. The predicted molar refractivity (Wildman–Crippen MR) is 70.8 cm³/mol. The van der Waals surface area contributed by atoms with Gasteiger partial charge in [0, 0.05) is 0 Å². The zero-order chi connectivity index (χ0) is 14.5. The normalized spacial score (nSPS) is 9.90. The molecule has 0 unspecified atom stereocenters. The van der Waals surface area contributed by atoms with E-state index >= 15 is 0 Å². The average molecular weight is 275 g/mol. The summed E-state index contributed by atoms with van der Waals surface area (Å²) in [5.74, 6) is -1.18. The highest BCUT2D eigenvalue weighted by molar-refractivity contribution is 6.42. The van der Waals surface area contributed by atoms with E-state index in [1.54, 1.807) is 12.1 Å². The Hall–Kier alpha value is -2.90. The van der Waals surface area contributed by atoms with Crippen molar-refractivity contribution in [3.8, 4) is 5.75 Å². The molecular formula is C12H13N5O3. The third kappa shape index (κ3) is 3.10. The highest BCUT2D eigenvalue weighted by Crippen LogP contribution is 2.24. The van der Waals surface area contributed by atoms with E-state index in [2.05, 4.69) is 20.9 Å². The molecule has 8 heteroatoms. The summed E-state index contributed by atoms with van der Waals surface area (Å²) < 4.78 is 6.29. The monoisotopic (exact) mass is 275 g/mol. The van der Waals surface area contributed by atoms with Crippen LogP contribution in [0, 0.1) is 6.92 Å². The van der Waals surface area contributed by atoms with Gasteiger partial charge in [0.2, 0.25) is 0 Å². The van der Waals surface area contributed by atoms with Gasteiger partial charge in [-0.05, 0) is 24.6 Å². The minimum Gasteiger partial charge on any atom is -0.495 e. The molecule has 2 N–H and O–H groups in total. The molecule has 104 valence electrons. The number of carbonyl (C=O) groups is 2. The number of nitrogens with zero attached hydrogens (tertiary/aromatic N) is 3. The van der Waals surface area contributed by atoms with Crippen molar-refractivity contribution in [1.29, 1.82) is 0 Å². The predicted octanol–water partition coefficient (Wildman–Crippen LogP) is 0.304. The number of carbonyl (C=O) groups excluding carboxylic acids is 2. The van der Waals surface area contributed by atoms with Crippen molar-refractivity contribution in [3.05, 3.63) is 36.4 Å². The summed E-state index contributed by atoms with van der Waals surface area (Å²) in [5, 5.41) is 9.49. The van der Waals surface area contributed by atoms with Crippen molar-refractivity contribution in [2.24, 2.45) is 0 Å². The topological polar surface area (TPSA) is 98.1 Å². The molecule has 0 spiro atoms. The number of methoxy groups -OCH3 is 1. The molecule has 0 aliphatic rings. The van der Waals surface area contributed by atoms with Crippen molar-refractivity contribution in [1.82, 2.24) is 14.9 Å². The Balaban J connectivity index is 2.07. The lowest BCUT2D eigenvalue weighted by molar-refractivity contribution is -0.133. The van der Waals surface area contributed by atoms with Crippen LogP contribution in [-0.4, -0.2) is 33.8 Å². The van der Waals surface area contributed by atoms with E-state index in [4.69, 9.17) is 4.74 Å². The number of aromatic nitrogens is 3.